The second-order valence-electron chi connectivity index (χ2n) is 5.36. The molecule has 3 aromatic rings. The fourth-order valence-electron chi connectivity index (χ4n) is 2.72. The third-order valence-electron chi connectivity index (χ3n) is 3.83. The fraction of sp³-hybridized carbons (Fsp3) is 0.250. The summed E-state index contributed by atoms with van der Waals surface area (Å²) in [5.74, 6) is 0.503. The van der Waals surface area contributed by atoms with Gasteiger partial charge in [-0.05, 0) is 48.8 Å². The molecular weight excluding hydrogens is 314 g/mol. The van der Waals surface area contributed by atoms with Crippen LogP contribution in [0.1, 0.15) is 33.0 Å². The molecular formula is C16H15N3OS2. The summed E-state index contributed by atoms with van der Waals surface area (Å²) in [7, 11) is 0. The zero-order valence-electron chi connectivity index (χ0n) is 11.9. The van der Waals surface area contributed by atoms with Crippen LogP contribution in [0.5, 0.6) is 0 Å². The van der Waals surface area contributed by atoms with Crippen molar-refractivity contribution >= 4 is 34.4 Å². The SMILES string of the molecule is O=C(Nc1cc(-c2cccs2)[nH]n1)c1cc2c(s1)CCCC2. The van der Waals surface area contributed by atoms with Gasteiger partial charge in [0.15, 0.2) is 5.82 Å². The predicted octanol–water partition coefficient (Wildman–Crippen LogP) is 4.33. The first-order chi connectivity index (χ1) is 10.8. The number of thiophene rings is 2. The molecule has 22 heavy (non-hydrogen) atoms. The van der Waals surface area contributed by atoms with E-state index in [0.29, 0.717) is 5.82 Å². The van der Waals surface area contributed by atoms with E-state index in [-0.39, 0.29) is 5.91 Å². The normalized spacial score (nSPS) is 13.8. The monoisotopic (exact) mass is 329 g/mol. The highest BCUT2D eigenvalue weighted by Gasteiger charge is 2.18. The van der Waals surface area contributed by atoms with Gasteiger partial charge in [-0.25, -0.2) is 0 Å². The summed E-state index contributed by atoms with van der Waals surface area (Å²) in [4.78, 5) is 15.6. The van der Waals surface area contributed by atoms with Crippen molar-refractivity contribution in [1.82, 2.24) is 10.2 Å². The molecule has 4 nitrogen and oxygen atoms in total. The maximum atomic E-state index is 12.4. The minimum atomic E-state index is -0.0661. The summed E-state index contributed by atoms with van der Waals surface area (Å²) in [5.41, 5.74) is 2.28. The standard InChI is InChI=1S/C16H15N3OS2/c20-16(14-8-10-4-1-2-5-12(10)22-14)17-15-9-11(18-19-15)13-6-3-7-21-13/h3,6-9H,1-2,4-5H2,(H2,17,18,19,20). The van der Waals surface area contributed by atoms with Gasteiger partial charge in [0.1, 0.15) is 0 Å². The van der Waals surface area contributed by atoms with Crippen molar-refractivity contribution in [2.75, 3.05) is 5.32 Å². The molecule has 0 bridgehead atoms. The number of aromatic amines is 1. The van der Waals surface area contributed by atoms with Crippen LogP contribution >= 0.6 is 22.7 Å². The fourth-order valence-corrected chi connectivity index (χ4v) is 4.57. The molecule has 0 spiro atoms. The van der Waals surface area contributed by atoms with Gasteiger partial charge >= 0.3 is 0 Å². The quantitative estimate of drug-likeness (QED) is 0.751. The van der Waals surface area contributed by atoms with E-state index < -0.39 is 0 Å². The second-order valence-corrected chi connectivity index (χ2v) is 7.45. The summed E-state index contributed by atoms with van der Waals surface area (Å²) in [6.07, 6.45) is 4.68. The summed E-state index contributed by atoms with van der Waals surface area (Å²) >= 11 is 3.26. The van der Waals surface area contributed by atoms with Crippen molar-refractivity contribution in [3.05, 3.63) is 45.0 Å². The molecule has 4 rings (SSSR count). The van der Waals surface area contributed by atoms with E-state index in [1.807, 2.05) is 29.6 Å². The van der Waals surface area contributed by atoms with Gasteiger partial charge in [0.05, 0.1) is 15.4 Å². The average molecular weight is 329 g/mol. The molecule has 0 fully saturated rings. The molecule has 3 heterocycles. The number of aryl methyl sites for hydroxylation is 2. The van der Waals surface area contributed by atoms with Crippen LogP contribution in [0.25, 0.3) is 10.6 Å². The smallest absolute Gasteiger partial charge is 0.266 e. The number of hydrogen-bond donors (Lipinski definition) is 2. The summed E-state index contributed by atoms with van der Waals surface area (Å²) in [6.45, 7) is 0. The Bertz CT molecular complexity index is 778. The first kappa shape index (κ1) is 13.7. The highest BCUT2D eigenvalue weighted by Crippen LogP contribution is 2.30. The van der Waals surface area contributed by atoms with Crippen molar-refractivity contribution in [1.29, 1.82) is 0 Å². The molecule has 2 N–H and O–H groups in total. The van der Waals surface area contributed by atoms with E-state index in [9.17, 15) is 4.79 Å². The molecule has 6 heteroatoms. The number of hydrogen-bond acceptors (Lipinski definition) is 4. The zero-order valence-corrected chi connectivity index (χ0v) is 13.5. The molecule has 0 saturated carbocycles. The van der Waals surface area contributed by atoms with Crippen LogP contribution in [0.4, 0.5) is 5.82 Å². The molecule has 0 aliphatic heterocycles. The van der Waals surface area contributed by atoms with Crippen molar-refractivity contribution in [2.24, 2.45) is 0 Å². The number of carbonyl (C=O) groups is 1. The van der Waals surface area contributed by atoms with Crippen LogP contribution in [0.2, 0.25) is 0 Å². The Balaban J connectivity index is 1.51. The van der Waals surface area contributed by atoms with Crippen molar-refractivity contribution in [3.8, 4) is 10.6 Å². The van der Waals surface area contributed by atoms with E-state index in [0.717, 1.165) is 28.3 Å². The zero-order chi connectivity index (χ0) is 14.9. The van der Waals surface area contributed by atoms with Gasteiger partial charge < -0.3 is 5.32 Å². The van der Waals surface area contributed by atoms with Crippen molar-refractivity contribution < 1.29 is 4.79 Å². The molecule has 1 aliphatic carbocycles. The Morgan fingerprint density at radius 2 is 2.18 bits per heavy atom. The highest BCUT2D eigenvalue weighted by molar-refractivity contribution is 7.14. The lowest BCUT2D eigenvalue weighted by Gasteiger charge is -2.08. The first-order valence-corrected chi connectivity index (χ1v) is 9.01. The minimum Gasteiger partial charge on any atom is -0.304 e. The highest BCUT2D eigenvalue weighted by atomic mass is 32.1. The van der Waals surface area contributed by atoms with Crippen LogP contribution in [0, 0.1) is 0 Å². The molecule has 0 saturated heterocycles. The number of H-pyrrole nitrogens is 1. The summed E-state index contributed by atoms with van der Waals surface area (Å²) < 4.78 is 0. The lowest BCUT2D eigenvalue weighted by molar-refractivity contribution is 0.103. The van der Waals surface area contributed by atoms with E-state index >= 15 is 0 Å². The Morgan fingerprint density at radius 1 is 1.27 bits per heavy atom. The molecule has 0 radical (unpaired) electrons. The maximum absolute atomic E-state index is 12.4. The van der Waals surface area contributed by atoms with Gasteiger partial charge in [0.25, 0.3) is 5.91 Å². The maximum Gasteiger partial charge on any atom is 0.266 e. The van der Waals surface area contributed by atoms with Crippen LogP contribution in [-0.2, 0) is 12.8 Å². The van der Waals surface area contributed by atoms with Crippen molar-refractivity contribution in [3.63, 3.8) is 0 Å². The lowest BCUT2D eigenvalue weighted by atomic mass is 9.99. The third kappa shape index (κ3) is 2.60. The Kier molecular flexibility index (Phi) is 3.56. The largest absolute Gasteiger partial charge is 0.304 e. The number of rotatable bonds is 3. The van der Waals surface area contributed by atoms with Gasteiger partial charge in [-0.1, -0.05) is 6.07 Å². The molecule has 0 unspecified atom stereocenters. The van der Waals surface area contributed by atoms with Gasteiger partial charge in [-0.3, -0.25) is 9.89 Å². The molecule has 0 aromatic carbocycles. The number of carbonyl (C=O) groups excluding carboxylic acids is 1. The number of amides is 1. The first-order valence-electron chi connectivity index (χ1n) is 7.32. The van der Waals surface area contributed by atoms with Crippen LogP contribution < -0.4 is 5.32 Å². The summed E-state index contributed by atoms with van der Waals surface area (Å²) in [5, 5.41) is 12.0. The lowest BCUT2D eigenvalue weighted by Crippen LogP contribution is -2.10. The molecule has 112 valence electrons. The van der Waals surface area contributed by atoms with Crippen molar-refractivity contribution in [2.45, 2.75) is 25.7 Å². The Labute approximate surface area is 136 Å². The molecule has 3 aromatic heterocycles. The van der Waals surface area contributed by atoms with E-state index in [1.165, 1.54) is 23.3 Å². The van der Waals surface area contributed by atoms with E-state index in [1.54, 1.807) is 22.7 Å². The topological polar surface area (TPSA) is 57.8 Å². The number of aromatic nitrogens is 2. The van der Waals surface area contributed by atoms with Gasteiger partial charge in [0.2, 0.25) is 0 Å². The molecule has 0 atom stereocenters. The summed E-state index contributed by atoms with van der Waals surface area (Å²) in [6, 6.07) is 7.94. The van der Waals surface area contributed by atoms with Crippen LogP contribution in [0.3, 0.4) is 0 Å². The average Bonchev–Trinajstić information content (AvgIpc) is 3.26. The van der Waals surface area contributed by atoms with Crippen LogP contribution in [0.15, 0.2) is 29.6 Å². The second kappa shape index (κ2) is 5.70. The number of anilines is 1. The van der Waals surface area contributed by atoms with Crippen LogP contribution in [-0.4, -0.2) is 16.1 Å². The minimum absolute atomic E-state index is 0.0661. The van der Waals surface area contributed by atoms with Gasteiger partial charge in [0, 0.05) is 10.9 Å². The Morgan fingerprint density at radius 3 is 3.00 bits per heavy atom. The molecule has 1 amide bonds. The number of fused-ring (bicyclic) bond motifs is 1. The third-order valence-corrected chi connectivity index (χ3v) is 5.97. The van der Waals surface area contributed by atoms with E-state index in [4.69, 9.17) is 0 Å². The van der Waals surface area contributed by atoms with Gasteiger partial charge in [-0.2, -0.15) is 5.10 Å². The van der Waals surface area contributed by atoms with Gasteiger partial charge in [-0.15, -0.1) is 22.7 Å². The number of nitrogens with zero attached hydrogens (tertiary/aromatic N) is 1. The Hall–Kier alpha value is -1.92. The van der Waals surface area contributed by atoms with E-state index in [2.05, 4.69) is 15.5 Å². The predicted molar refractivity (Wildman–Crippen MR) is 90.8 cm³/mol. The number of nitrogens with one attached hydrogen (secondary N) is 2. The molecule has 1 aliphatic rings.